The van der Waals surface area contributed by atoms with Crippen LogP contribution >= 0.6 is 11.8 Å². The van der Waals surface area contributed by atoms with Crippen LogP contribution in [0.2, 0.25) is 0 Å². The molecule has 2 heterocycles. The van der Waals surface area contributed by atoms with E-state index in [9.17, 15) is 0 Å². The molecule has 1 aliphatic rings. The number of benzene rings is 1. The minimum Gasteiger partial charge on any atom is -0.490 e. The van der Waals surface area contributed by atoms with Gasteiger partial charge in [0.25, 0.3) is 0 Å². The van der Waals surface area contributed by atoms with Gasteiger partial charge >= 0.3 is 0 Å². The van der Waals surface area contributed by atoms with Gasteiger partial charge in [-0.15, -0.1) is 0 Å². The average molecular weight is 345 g/mol. The minimum atomic E-state index is 0.712. The van der Waals surface area contributed by atoms with E-state index in [0.29, 0.717) is 6.61 Å². The Labute approximate surface area is 147 Å². The molecule has 128 valence electrons. The highest BCUT2D eigenvalue weighted by Crippen LogP contribution is 2.30. The Bertz CT molecular complexity index is 649. The number of hydrogen-bond donors (Lipinski definition) is 1. The summed E-state index contributed by atoms with van der Waals surface area (Å²) in [6, 6.07) is 6.11. The molecule has 0 unspecified atom stereocenters. The van der Waals surface area contributed by atoms with Gasteiger partial charge in [-0.2, -0.15) is 0 Å². The van der Waals surface area contributed by atoms with Crippen molar-refractivity contribution < 1.29 is 9.47 Å². The molecular formula is C18H23N3O2S. The van der Waals surface area contributed by atoms with Crippen molar-refractivity contribution >= 4 is 11.8 Å². The Morgan fingerprint density at radius 3 is 2.58 bits per heavy atom. The predicted molar refractivity (Wildman–Crippen MR) is 95.6 cm³/mol. The van der Waals surface area contributed by atoms with Crippen molar-refractivity contribution in [2.45, 2.75) is 38.0 Å². The zero-order valence-electron chi connectivity index (χ0n) is 14.0. The molecule has 1 aromatic heterocycles. The van der Waals surface area contributed by atoms with E-state index in [-0.39, 0.29) is 0 Å². The second-order valence-corrected chi connectivity index (χ2v) is 6.72. The Morgan fingerprint density at radius 1 is 1.04 bits per heavy atom. The fraction of sp³-hybridized carbons (Fsp3) is 0.444. The summed E-state index contributed by atoms with van der Waals surface area (Å²) in [7, 11) is 0. The van der Waals surface area contributed by atoms with Gasteiger partial charge in [-0.3, -0.25) is 0 Å². The van der Waals surface area contributed by atoms with Crippen LogP contribution in [-0.2, 0) is 13.1 Å². The molecule has 0 saturated carbocycles. The molecule has 1 aliphatic heterocycles. The van der Waals surface area contributed by atoms with E-state index in [1.54, 1.807) is 11.8 Å². The first-order valence-corrected chi connectivity index (χ1v) is 9.36. The number of nitrogens with one attached hydrogen (secondary N) is 1. The highest BCUT2D eigenvalue weighted by atomic mass is 32.2. The first kappa shape index (κ1) is 17.0. The van der Waals surface area contributed by atoms with Crippen molar-refractivity contribution in [3.05, 3.63) is 41.7 Å². The Balaban J connectivity index is 1.50. The molecule has 2 aromatic rings. The van der Waals surface area contributed by atoms with Crippen LogP contribution in [0.15, 0.2) is 35.7 Å². The lowest BCUT2D eigenvalue weighted by atomic mass is 10.2. The molecule has 3 rings (SSSR count). The highest BCUT2D eigenvalue weighted by molar-refractivity contribution is 7.99. The Kier molecular flexibility index (Phi) is 6.32. The normalized spacial score (nSPS) is 13.5. The van der Waals surface area contributed by atoms with Crippen molar-refractivity contribution in [3.63, 3.8) is 0 Å². The van der Waals surface area contributed by atoms with Gasteiger partial charge in [0.15, 0.2) is 16.7 Å². The first-order chi connectivity index (χ1) is 11.8. The number of fused-ring (bicyclic) bond motifs is 1. The summed E-state index contributed by atoms with van der Waals surface area (Å²) in [5.41, 5.74) is 2.26. The number of nitrogens with zero attached hydrogens (tertiary/aromatic N) is 2. The standard InChI is InChI=1S/C18H23N3O2S/c1-2-8-24-18-20-12-15(13-21-18)11-19-10-14-4-5-16-17(9-14)23-7-3-6-22-16/h4-5,9,12-13,19H,2-3,6-8,10-11H2,1H3. The van der Waals surface area contributed by atoms with Crippen LogP contribution in [0.3, 0.4) is 0 Å². The van der Waals surface area contributed by atoms with E-state index >= 15 is 0 Å². The summed E-state index contributed by atoms with van der Waals surface area (Å²) >= 11 is 1.70. The van der Waals surface area contributed by atoms with Crippen LogP contribution in [0.25, 0.3) is 0 Å². The van der Waals surface area contributed by atoms with Gasteiger partial charge in [0.2, 0.25) is 0 Å². The molecule has 0 saturated heterocycles. The molecule has 5 nitrogen and oxygen atoms in total. The highest BCUT2D eigenvalue weighted by Gasteiger charge is 2.10. The second kappa shape index (κ2) is 8.89. The Hall–Kier alpha value is -1.79. The van der Waals surface area contributed by atoms with Crippen molar-refractivity contribution in [1.82, 2.24) is 15.3 Å². The summed E-state index contributed by atoms with van der Waals surface area (Å²) in [5, 5.41) is 4.27. The second-order valence-electron chi connectivity index (χ2n) is 5.66. The predicted octanol–water partition coefficient (Wildman–Crippen LogP) is 3.43. The molecule has 0 radical (unpaired) electrons. The lowest BCUT2D eigenvalue weighted by Gasteiger charge is -2.10. The fourth-order valence-corrected chi connectivity index (χ4v) is 3.01. The number of rotatable bonds is 7. The lowest BCUT2D eigenvalue weighted by Crippen LogP contribution is -2.13. The summed E-state index contributed by atoms with van der Waals surface area (Å²) in [4.78, 5) is 8.77. The number of hydrogen-bond acceptors (Lipinski definition) is 6. The van der Waals surface area contributed by atoms with E-state index in [4.69, 9.17) is 9.47 Å². The molecule has 1 N–H and O–H groups in total. The van der Waals surface area contributed by atoms with Crippen LogP contribution in [-0.4, -0.2) is 28.9 Å². The summed E-state index contributed by atoms with van der Waals surface area (Å²) in [6.45, 7) is 5.10. The number of thioether (sulfide) groups is 1. The maximum absolute atomic E-state index is 5.72. The smallest absolute Gasteiger partial charge is 0.187 e. The zero-order valence-corrected chi connectivity index (χ0v) is 14.8. The monoisotopic (exact) mass is 345 g/mol. The molecular weight excluding hydrogens is 322 g/mol. The topological polar surface area (TPSA) is 56.3 Å². The molecule has 0 bridgehead atoms. The maximum Gasteiger partial charge on any atom is 0.187 e. The van der Waals surface area contributed by atoms with Crippen molar-refractivity contribution in [3.8, 4) is 11.5 Å². The van der Waals surface area contributed by atoms with Gasteiger partial charge in [-0.05, 0) is 24.1 Å². The average Bonchev–Trinajstić information content (AvgIpc) is 2.86. The van der Waals surface area contributed by atoms with Crippen LogP contribution < -0.4 is 14.8 Å². The third-order valence-electron chi connectivity index (χ3n) is 3.59. The van der Waals surface area contributed by atoms with Gasteiger partial charge in [0.1, 0.15) is 0 Å². The molecule has 24 heavy (non-hydrogen) atoms. The molecule has 0 atom stereocenters. The SMILES string of the molecule is CCCSc1ncc(CNCc2ccc3c(c2)OCCCO3)cn1. The molecule has 0 spiro atoms. The third kappa shape index (κ3) is 4.85. The van der Waals surface area contributed by atoms with Gasteiger partial charge in [-0.25, -0.2) is 9.97 Å². The van der Waals surface area contributed by atoms with Gasteiger partial charge < -0.3 is 14.8 Å². The lowest BCUT2D eigenvalue weighted by molar-refractivity contribution is 0.297. The zero-order chi connectivity index (χ0) is 16.6. The van der Waals surface area contributed by atoms with Gasteiger partial charge in [-0.1, -0.05) is 24.8 Å². The molecule has 0 amide bonds. The van der Waals surface area contributed by atoms with E-state index in [0.717, 1.165) is 60.5 Å². The van der Waals surface area contributed by atoms with Crippen molar-refractivity contribution in [2.75, 3.05) is 19.0 Å². The molecule has 1 aromatic carbocycles. The summed E-state index contributed by atoms with van der Waals surface area (Å²) in [5.74, 6) is 2.74. The Morgan fingerprint density at radius 2 is 1.79 bits per heavy atom. The van der Waals surface area contributed by atoms with Crippen LogP contribution in [0.1, 0.15) is 30.9 Å². The summed E-state index contributed by atoms with van der Waals surface area (Å²) < 4.78 is 11.4. The fourth-order valence-electron chi connectivity index (χ4n) is 2.37. The minimum absolute atomic E-state index is 0.712. The van der Waals surface area contributed by atoms with Crippen molar-refractivity contribution in [2.24, 2.45) is 0 Å². The first-order valence-electron chi connectivity index (χ1n) is 8.38. The van der Waals surface area contributed by atoms with Crippen LogP contribution in [0.4, 0.5) is 0 Å². The quantitative estimate of drug-likeness (QED) is 0.613. The summed E-state index contributed by atoms with van der Waals surface area (Å²) in [6.07, 6.45) is 5.85. The van der Waals surface area contributed by atoms with Gasteiger partial charge in [0, 0.05) is 43.2 Å². The molecule has 0 fully saturated rings. The van der Waals surface area contributed by atoms with E-state index < -0.39 is 0 Å². The van der Waals surface area contributed by atoms with E-state index in [2.05, 4.69) is 34.3 Å². The number of aromatic nitrogens is 2. The number of ether oxygens (including phenoxy) is 2. The van der Waals surface area contributed by atoms with E-state index in [1.165, 1.54) is 5.56 Å². The maximum atomic E-state index is 5.72. The largest absolute Gasteiger partial charge is 0.490 e. The molecule has 6 heteroatoms. The van der Waals surface area contributed by atoms with Crippen molar-refractivity contribution in [1.29, 1.82) is 0 Å². The van der Waals surface area contributed by atoms with Gasteiger partial charge in [0.05, 0.1) is 13.2 Å². The molecule has 0 aliphatic carbocycles. The van der Waals surface area contributed by atoms with Crippen LogP contribution in [0.5, 0.6) is 11.5 Å². The van der Waals surface area contributed by atoms with Crippen LogP contribution in [0, 0.1) is 0 Å². The van der Waals surface area contributed by atoms with E-state index in [1.807, 2.05) is 18.5 Å². The third-order valence-corrected chi connectivity index (χ3v) is 4.67.